The molecule has 4 rings (SSSR count). The lowest BCUT2D eigenvalue weighted by Gasteiger charge is -2.28. The molecule has 0 saturated carbocycles. The van der Waals surface area contributed by atoms with Crippen LogP contribution in [0.2, 0.25) is 0 Å². The summed E-state index contributed by atoms with van der Waals surface area (Å²) in [6.07, 6.45) is 0. The third kappa shape index (κ3) is 2.32. The molecule has 1 saturated heterocycles. The average Bonchev–Trinajstić information content (AvgIpc) is 3.06. The van der Waals surface area contributed by atoms with Crippen LogP contribution in [0.25, 0.3) is 0 Å². The van der Waals surface area contributed by atoms with Crippen LogP contribution in [0.4, 0.5) is 10.5 Å². The second-order valence-electron chi connectivity index (χ2n) is 5.51. The lowest BCUT2D eigenvalue weighted by atomic mass is 10.1. The minimum atomic E-state index is -3.57. The molecule has 23 heavy (non-hydrogen) atoms. The summed E-state index contributed by atoms with van der Waals surface area (Å²) in [5.41, 5.74) is 1.24. The van der Waals surface area contributed by atoms with Crippen molar-refractivity contribution in [2.45, 2.75) is 4.90 Å². The molecule has 0 atom stereocenters. The molecule has 8 nitrogen and oxygen atoms in total. The normalized spacial score (nSPS) is 21.5. The van der Waals surface area contributed by atoms with E-state index in [4.69, 9.17) is 4.74 Å². The lowest BCUT2D eigenvalue weighted by Crippen LogP contribution is -2.43. The number of urea groups is 1. The number of fused-ring (bicyclic) bond motifs is 3. The number of morpholine rings is 1. The van der Waals surface area contributed by atoms with Gasteiger partial charge in [-0.3, -0.25) is 9.89 Å². The van der Waals surface area contributed by atoms with Gasteiger partial charge in [-0.15, -0.1) is 0 Å². The molecule has 122 valence electrons. The van der Waals surface area contributed by atoms with E-state index in [0.717, 1.165) is 0 Å². The van der Waals surface area contributed by atoms with Crippen LogP contribution in [-0.2, 0) is 14.8 Å². The molecular weight excluding hydrogens is 320 g/mol. The molecule has 0 bridgehead atoms. The van der Waals surface area contributed by atoms with Gasteiger partial charge in [0.15, 0.2) is 0 Å². The summed E-state index contributed by atoms with van der Waals surface area (Å²) in [5.74, 6) is 0.544. The summed E-state index contributed by atoms with van der Waals surface area (Å²) >= 11 is 0. The highest BCUT2D eigenvalue weighted by Gasteiger charge is 2.34. The highest BCUT2D eigenvalue weighted by Crippen LogP contribution is 2.29. The molecule has 9 heteroatoms. The predicted octanol–water partition coefficient (Wildman–Crippen LogP) is 0.315. The van der Waals surface area contributed by atoms with E-state index in [0.29, 0.717) is 56.5 Å². The van der Waals surface area contributed by atoms with E-state index in [-0.39, 0.29) is 10.9 Å². The van der Waals surface area contributed by atoms with Crippen LogP contribution in [0, 0.1) is 0 Å². The molecule has 3 aliphatic rings. The number of amides is 2. The second kappa shape index (κ2) is 5.29. The van der Waals surface area contributed by atoms with Gasteiger partial charge in [0.2, 0.25) is 10.0 Å². The van der Waals surface area contributed by atoms with Crippen LogP contribution < -0.4 is 5.32 Å². The van der Waals surface area contributed by atoms with E-state index in [1.165, 1.54) is 15.3 Å². The number of carbonyl (C=O) groups excluding carboxylic acids is 1. The van der Waals surface area contributed by atoms with Crippen LogP contribution in [-0.4, -0.2) is 68.9 Å². The number of nitrogens with zero attached hydrogens (tertiary/aromatic N) is 3. The van der Waals surface area contributed by atoms with Gasteiger partial charge >= 0.3 is 6.03 Å². The minimum absolute atomic E-state index is 0.212. The Balaban J connectivity index is 1.75. The Hall–Kier alpha value is -1.97. The van der Waals surface area contributed by atoms with Gasteiger partial charge in [-0.05, 0) is 18.2 Å². The van der Waals surface area contributed by atoms with Crippen molar-refractivity contribution in [3.63, 3.8) is 0 Å². The average molecular weight is 336 g/mol. The summed E-state index contributed by atoms with van der Waals surface area (Å²) in [6, 6.07) is 4.52. The summed E-state index contributed by atoms with van der Waals surface area (Å²) in [4.78, 5) is 18.0. The zero-order valence-electron chi connectivity index (χ0n) is 12.4. The zero-order valence-corrected chi connectivity index (χ0v) is 13.2. The van der Waals surface area contributed by atoms with Crippen LogP contribution >= 0.6 is 0 Å². The molecule has 1 aromatic carbocycles. The van der Waals surface area contributed by atoms with E-state index in [9.17, 15) is 13.2 Å². The van der Waals surface area contributed by atoms with E-state index < -0.39 is 10.0 Å². The number of nitrogens with one attached hydrogen (secondary N) is 1. The fourth-order valence-electron chi connectivity index (χ4n) is 2.97. The number of sulfonamides is 1. The quantitative estimate of drug-likeness (QED) is 0.842. The van der Waals surface area contributed by atoms with E-state index in [1.807, 2.05) is 0 Å². The number of amidine groups is 1. The minimum Gasteiger partial charge on any atom is -0.379 e. The third-order valence-corrected chi connectivity index (χ3v) is 6.06. The van der Waals surface area contributed by atoms with Crippen molar-refractivity contribution in [3.8, 4) is 0 Å². The smallest absolute Gasteiger partial charge is 0.327 e. The van der Waals surface area contributed by atoms with Crippen molar-refractivity contribution in [1.82, 2.24) is 9.21 Å². The van der Waals surface area contributed by atoms with Crippen LogP contribution in [0.15, 0.2) is 28.1 Å². The second-order valence-corrected chi connectivity index (χ2v) is 7.45. The summed E-state index contributed by atoms with van der Waals surface area (Å²) < 4.78 is 32.2. The van der Waals surface area contributed by atoms with Crippen molar-refractivity contribution in [3.05, 3.63) is 23.8 Å². The van der Waals surface area contributed by atoms with Crippen molar-refractivity contribution in [2.75, 3.05) is 44.7 Å². The summed E-state index contributed by atoms with van der Waals surface area (Å²) in [5, 5.41) is 2.77. The largest absolute Gasteiger partial charge is 0.379 e. The lowest BCUT2D eigenvalue weighted by molar-refractivity contribution is 0.0730. The number of ether oxygens (including phenoxy) is 1. The maximum absolute atomic E-state index is 12.8. The van der Waals surface area contributed by atoms with E-state index in [2.05, 4.69) is 10.3 Å². The number of carbonyl (C=O) groups is 1. The van der Waals surface area contributed by atoms with E-state index in [1.54, 1.807) is 12.1 Å². The van der Waals surface area contributed by atoms with Crippen molar-refractivity contribution in [1.29, 1.82) is 0 Å². The first kappa shape index (κ1) is 14.6. The van der Waals surface area contributed by atoms with Crippen LogP contribution in [0.3, 0.4) is 0 Å². The standard InChI is InChI=1S/C14H16N4O4S/c19-14-16-12-2-1-10(9-11(12)13-15-3-4-18(13)14)23(20,21)17-5-7-22-8-6-17/h1-2,9H,3-8H2,(H,16,19). The molecule has 2 amide bonds. The summed E-state index contributed by atoms with van der Waals surface area (Å²) in [7, 11) is -3.57. The number of anilines is 1. The predicted molar refractivity (Wildman–Crippen MR) is 83.1 cm³/mol. The summed E-state index contributed by atoms with van der Waals surface area (Å²) in [6.45, 7) is 2.55. The first-order valence-electron chi connectivity index (χ1n) is 7.43. The number of hydrogen-bond acceptors (Lipinski definition) is 5. The van der Waals surface area contributed by atoms with Gasteiger partial charge in [0.1, 0.15) is 5.84 Å². The Bertz CT molecular complexity index is 799. The molecule has 1 N–H and O–H groups in total. The third-order valence-electron chi connectivity index (χ3n) is 4.17. The Morgan fingerprint density at radius 1 is 1.17 bits per heavy atom. The molecule has 1 fully saturated rings. The molecule has 0 aromatic heterocycles. The topological polar surface area (TPSA) is 91.3 Å². The molecule has 0 aliphatic carbocycles. The van der Waals surface area contributed by atoms with Gasteiger partial charge in [-0.25, -0.2) is 13.2 Å². The maximum Gasteiger partial charge on any atom is 0.327 e. The van der Waals surface area contributed by atoms with Crippen LogP contribution in [0.1, 0.15) is 5.56 Å². The molecule has 0 unspecified atom stereocenters. The highest BCUT2D eigenvalue weighted by molar-refractivity contribution is 7.89. The Morgan fingerprint density at radius 2 is 1.96 bits per heavy atom. The molecule has 0 spiro atoms. The zero-order chi connectivity index (χ0) is 16.0. The van der Waals surface area contributed by atoms with Crippen molar-refractivity contribution < 1.29 is 17.9 Å². The molecule has 0 radical (unpaired) electrons. The Labute approximate surface area is 133 Å². The first-order chi connectivity index (χ1) is 11.1. The fraction of sp³-hybridized carbons (Fsp3) is 0.429. The number of aliphatic imine (C=N–C) groups is 1. The monoisotopic (exact) mass is 336 g/mol. The number of benzene rings is 1. The van der Waals surface area contributed by atoms with Gasteiger partial charge in [0.05, 0.1) is 30.3 Å². The molecule has 1 aromatic rings. The number of rotatable bonds is 2. The van der Waals surface area contributed by atoms with Gasteiger partial charge in [-0.2, -0.15) is 4.31 Å². The SMILES string of the molecule is O=C1Nc2ccc(S(=O)(=O)N3CCOCC3)cc2C2=NCCN12. The van der Waals surface area contributed by atoms with Gasteiger partial charge < -0.3 is 10.1 Å². The molecule has 3 aliphatic heterocycles. The highest BCUT2D eigenvalue weighted by atomic mass is 32.2. The van der Waals surface area contributed by atoms with Gasteiger partial charge in [0.25, 0.3) is 0 Å². The van der Waals surface area contributed by atoms with Gasteiger partial charge in [0, 0.05) is 25.2 Å². The molecule has 3 heterocycles. The van der Waals surface area contributed by atoms with Gasteiger partial charge in [-0.1, -0.05) is 0 Å². The Morgan fingerprint density at radius 3 is 2.74 bits per heavy atom. The van der Waals surface area contributed by atoms with Crippen LogP contribution in [0.5, 0.6) is 0 Å². The van der Waals surface area contributed by atoms with E-state index >= 15 is 0 Å². The Kier molecular flexibility index (Phi) is 3.36. The maximum atomic E-state index is 12.8. The molecular formula is C14H16N4O4S. The first-order valence-corrected chi connectivity index (χ1v) is 8.87. The van der Waals surface area contributed by atoms with Crippen molar-refractivity contribution >= 4 is 27.6 Å². The fourth-order valence-corrected chi connectivity index (χ4v) is 4.41. The number of hydrogen-bond donors (Lipinski definition) is 1. The van der Waals surface area contributed by atoms with Crippen molar-refractivity contribution in [2.24, 2.45) is 4.99 Å².